The van der Waals surface area contributed by atoms with E-state index in [1.54, 1.807) is 32.9 Å². The van der Waals surface area contributed by atoms with Gasteiger partial charge >= 0.3 is 5.69 Å². The van der Waals surface area contributed by atoms with Gasteiger partial charge in [0.25, 0.3) is 5.56 Å². The highest BCUT2D eigenvalue weighted by Crippen LogP contribution is 2.29. The molecule has 0 spiro atoms. The summed E-state index contributed by atoms with van der Waals surface area (Å²) < 4.78 is 11.6. The van der Waals surface area contributed by atoms with Crippen molar-refractivity contribution in [3.63, 3.8) is 0 Å². The fourth-order valence-electron chi connectivity index (χ4n) is 2.15. The van der Waals surface area contributed by atoms with E-state index in [9.17, 15) is 9.59 Å². The second-order valence-corrected chi connectivity index (χ2v) is 5.49. The Morgan fingerprint density at radius 2 is 1.60 bits per heavy atom. The zero-order chi connectivity index (χ0) is 15.1. The molecule has 0 amide bonds. The fourth-order valence-corrected chi connectivity index (χ4v) is 2.15. The van der Waals surface area contributed by atoms with Gasteiger partial charge in [-0.25, -0.2) is 4.79 Å². The zero-order valence-corrected chi connectivity index (χ0v) is 12.2. The molecule has 0 bridgehead atoms. The molecule has 0 aliphatic rings. The van der Waals surface area contributed by atoms with Crippen LogP contribution in [0.4, 0.5) is 0 Å². The molecule has 0 saturated heterocycles. The molecule has 0 fully saturated rings. The monoisotopic (exact) mass is 278 g/mol. The number of hydrogen-bond donors (Lipinski definition) is 1. The van der Waals surface area contributed by atoms with Crippen LogP contribution in [0.1, 0.15) is 20.8 Å². The Balaban J connectivity index is 2.93. The van der Waals surface area contributed by atoms with Gasteiger partial charge in [-0.15, -0.1) is 0 Å². The lowest BCUT2D eigenvalue weighted by Gasteiger charge is -2.21. The number of aromatic nitrogens is 2. The lowest BCUT2D eigenvalue weighted by Crippen LogP contribution is -2.44. The fraction of sp³-hybridized carbons (Fsp3) is 0.429. The standard InChI is InChI=1S/C14H18N2O4/c1-14(2,3)16-12(17)8-6-10(19-4)11(20-5)7-9(8)15-13(16)18/h6-7H,1-5H3,(H,15,18). The summed E-state index contributed by atoms with van der Waals surface area (Å²) in [6.07, 6.45) is 0. The van der Waals surface area contributed by atoms with Crippen LogP contribution in [0.5, 0.6) is 11.5 Å². The Morgan fingerprint density at radius 1 is 1.05 bits per heavy atom. The van der Waals surface area contributed by atoms with E-state index >= 15 is 0 Å². The molecule has 1 aromatic heterocycles. The van der Waals surface area contributed by atoms with Crippen molar-refractivity contribution in [2.75, 3.05) is 14.2 Å². The van der Waals surface area contributed by atoms with E-state index in [0.29, 0.717) is 22.4 Å². The largest absolute Gasteiger partial charge is 0.493 e. The normalized spacial score (nSPS) is 11.7. The zero-order valence-electron chi connectivity index (χ0n) is 12.2. The van der Waals surface area contributed by atoms with E-state index in [0.717, 1.165) is 0 Å². The molecule has 0 atom stereocenters. The van der Waals surface area contributed by atoms with Crippen LogP contribution in [0.2, 0.25) is 0 Å². The first kappa shape index (κ1) is 14.2. The smallest absolute Gasteiger partial charge is 0.329 e. The van der Waals surface area contributed by atoms with E-state index in [-0.39, 0.29) is 5.56 Å². The first-order chi connectivity index (χ1) is 9.29. The van der Waals surface area contributed by atoms with Gasteiger partial charge in [0.05, 0.1) is 25.1 Å². The number of ether oxygens (including phenoxy) is 2. The average molecular weight is 278 g/mol. The van der Waals surface area contributed by atoms with Crippen LogP contribution in [0.15, 0.2) is 21.7 Å². The minimum atomic E-state index is -0.605. The van der Waals surface area contributed by atoms with Gasteiger partial charge in [-0.3, -0.25) is 9.36 Å². The highest BCUT2D eigenvalue weighted by Gasteiger charge is 2.20. The Kier molecular flexibility index (Phi) is 3.33. The summed E-state index contributed by atoms with van der Waals surface area (Å²) in [5.74, 6) is 0.910. The summed E-state index contributed by atoms with van der Waals surface area (Å²) in [7, 11) is 3.00. The van der Waals surface area contributed by atoms with Crippen LogP contribution < -0.4 is 20.7 Å². The maximum atomic E-state index is 12.5. The number of nitrogens with zero attached hydrogens (tertiary/aromatic N) is 1. The predicted octanol–water partition coefficient (Wildman–Crippen LogP) is 1.46. The van der Waals surface area contributed by atoms with Crippen molar-refractivity contribution in [1.82, 2.24) is 9.55 Å². The minimum absolute atomic E-state index is 0.350. The Labute approximate surface area is 116 Å². The summed E-state index contributed by atoms with van der Waals surface area (Å²) in [6.45, 7) is 5.41. The van der Waals surface area contributed by atoms with Gasteiger partial charge in [0.2, 0.25) is 0 Å². The highest BCUT2D eigenvalue weighted by atomic mass is 16.5. The van der Waals surface area contributed by atoms with E-state index in [2.05, 4.69) is 4.98 Å². The van der Waals surface area contributed by atoms with Crippen molar-refractivity contribution in [2.24, 2.45) is 0 Å². The Hall–Kier alpha value is -2.24. The van der Waals surface area contributed by atoms with Crippen molar-refractivity contribution in [2.45, 2.75) is 26.3 Å². The highest BCUT2D eigenvalue weighted by molar-refractivity contribution is 5.81. The molecule has 2 aromatic rings. The van der Waals surface area contributed by atoms with Crippen LogP contribution in [0, 0.1) is 0 Å². The Morgan fingerprint density at radius 3 is 2.10 bits per heavy atom. The van der Waals surface area contributed by atoms with Gasteiger partial charge in [-0.05, 0) is 26.8 Å². The number of rotatable bonds is 2. The van der Waals surface area contributed by atoms with E-state index in [4.69, 9.17) is 9.47 Å². The first-order valence-corrected chi connectivity index (χ1v) is 6.21. The third kappa shape index (κ3) is 2.17. The van der Waals surface area contributed by atoms with Crippen LogP contribution in [0.25, 0.3) is 10.9 Å². The lowest BCUT2D eigenvalue weighted by atomic mass is 10.1. The number of methoxy groups -OCH3 is 2. The van der Waals surface area contributed by atoms with Crippen LogP contribution in [-0.4, -0.2) is 23.8 Å². The van der Waals surface area contributed by atoms with Crippen LogP contribution >= 0.6 is 0 Å². The molecule has 0 saturated carbocycles. The van der Waals surface area contributed by atoms with Crippen molar-refractivity contribution in [3.05, 3.63) is 33.0 Å². The van der Waals surface area contributed by atoms with Gasteiger partial charge < -0.3 is 14.5 Å². The summed E-state index contributed by atoms with van der Waals surface area (Å²) in [6, 6.07) is 3.17. The molecule has 0 unspecified atom stereocenters. The molecular weight excluding hydrogens is 260 g/mol. The number of aromatic amines is 1. The first-order valence-electron chi connectivity index (χ1n) is 6.21. The molecule has 1 aromatic carbocycles. The number of H-pyrrole nitrogens is 1. The summed E-state index contributed by atoms with van der Waals surface area (Å²) in [4.78, 5) is 27.3. The molecule has 2 rings (SSSR count). The van der Waals surface area contributed by atoms with Gasteiger partial charge in [0, 0.05) is 11.6 Å². The molecule has 0 aliphatic heterocycles. The topological polar surface area (TPSA) is 73.3 Å². The van der Waals surface area contributed by atoms with Gasteiger partial charge in [0.15, 0.2) is 11.5 Å². The molecule has 6 nitrogen and oxygen atoms in total. The number of benzene rings is 1. The van der Waals surface area contributed by atoms with Gasteiger partial charge in [-0.2, -0.15) is 0 Å². The number of nitrogens with one attached hydrogen (secondary N) is 1. The quantitative estimate of drug-likeness (QED) is 0.902. The van der Waals surface area contributed by atoms with E-state index < -0.39 is 11.2 Å². The SMILES string of the molecule is COc1cc2[nH]c(=O)n(C(C)(C)C)c(=O)c2cc1OC. The average Bonchev–Trinajstić information content (AvgIpc) is 2.35. The molecule has 1 N–H and O–H groups in total. The van der Waals surface area contributed by atoms with Crippen molar-refractivity contribution >= 4 is 10.9 Å². The minimum Gasteiger partial charge on any atom is -0.493 e. The van der Waals surface area contributed by atoms with Crippen molar-refractivity contribution < 1.29 is 9.47 Å². The number of hydrogen-bond acceptors (Lipinski definition) is 4. The van der Waals surface area contributed by atoms with Gasteiger partial charge in [0.1, 0.15) is 0 Å². The third-order valence-electron chi connectivity index (χ3n) is 3.07. The van der Waals surface area contributed by atoms with Crippen molar-refractivity contribution in [3.8, 4) is 11.5 Å². The number of fused-ring (bicyclic) bond motifs is 1. The molecule has 1 heterocycles. The third-order valence-corrected chi connectivity index (χ3v) is 3.07. The molecule has 0 aliphatic carbocycles. The maximum absolute atomic E-state index is 12.5. The van der Waals surface area contributed by atoms with Gasteiger partial charge in [-0.1, -0.05) is 0 Å². The summed E-state index contributed by atoms with van der Waals surface area (Å²) in [5, 5.41) is 0.386. The Bertz CT molecular complexity index is 766. The second-order valence-electron chi connectivity index (χ2n) is 5.49. The van der Waals surface area contributed by atoms with E-state index in [1.165, 1.54) is 18.8 Å². The molecule has 108 valence electrons. The molecule has 0 radical (unpaired) electrons. The van der Waals surface area contributed by atoms with Crippen LogP contribution in [0.3, 0.4) is 0 Å². The molecule has 20 heavy (non-hydrogen) atoms. The second kappa shape index (κ2) is 4.70. The van der Waals surface area contributed by atoms with Crippen molar-refractivity contribution in [1.29, 1.82) is 0 Å². The molecular formula is C14H18N2O4. The summed E-state index contributed by atoms with van der Waals surface area (Å²) in [5.41, 5.74) is -0.968. The van der Waals surface area contributed by atoms with E-state index in [1.807, 2.05) is 0 Å². The maximum Gasteiger partial charge on any atom is 0.329 e. The van der Waals surface area contributed by atoms with Crippen LogP contribution in [-0.2, 0) is 5.54 Å². The molecule has 6 heteroatoms. The predicted molar refractivity (Wildman–Crippen MR) is 76.9 cm³/mol. The summed E-state index contributed by atoms with van der Waals surface area (Å²) >= 11 is 0. The lowest BCUT2D eigenvalue weighted by molar-refractivity contribution is 0.354.